The summed E-state index contributed by atoms with van der Waals surface area (Å²) >= 11 is 0. The van der Waals surface area contributed by atoms with Gasteiger partial charge in [-0.3, -0.25) is 0 Å². The van der Waals surface area contributed by atoms with E-state index in [9.17, 15) is 0 Å². The zero-order chi connectivity index (χ0) is 19.9. The smallest absolute Gasteiger partial charge is 0.250 e. The van der Waals surface area contributed by atoms with Gasteiger partial charge in [-0.25, -0.2) is 5.43 Å². The monoisotopic (exact) mass is 395 g/mol. The summed E-state index contributed by atoms with van der Waals surface area (Å²) in [6.07, 6.45) is 9.04. The second-order valence-corrected chi connectivity index (χ2v) is 7.50. The van der Waals surface area contributed by atoms with Gasteiger partial charge in [0.15, 0.2) is 0 Å². The number of nitrogens with zero attached hydrogens (tertiary/aromatic N) is 6. The number of hydrazone groups is 1. The molecule has 4 rings (SSSR count). The number of methoxy groups -OCH3 is 1. The summed E-state index contributed by atoms with van der Waals surface area (Å²) < 4.78 is 5.19. The van der Waals surface area contributed by atoms with Crippen molar-refractivity contribution in [2.24, 2.45) is 5.10 Å². The normalized spacial score (nSPS) is 17.6. The number of benzene rings is 1. The van der Waals surface area contributed by atoms with Crippen LogP contribution in [0.5, 0.6) is 5.75 Å². The van der Waals surface area contributed by atoms with E-state index >= 15 is 0 Å². The minimum absolute atomic E-state index is 0.492. The zero-order valence-corrected chi connectivity index (χ0v) is 17.0. The Kier molecular flexibility index (Phi) is 6.38. The van der Waals surface area contributed by atoms with E-state index in [1.54, 1.807) is 13.3 Å². The van der Waals surface area contributed by atoms with E-state index in [2.05, 4.69) is 30.3 Å². The molecule has 0 atom stereocenters. The summed E-state index contributed by atoms with van der Waals surface area (Å²) in [7, 11) is 1.66. The summed E-state index contributed by atoms with van der Waals surface area (Å²) in [6.45, 7) is 3.99. The van der Waals surface area contributed by atoms with Crippen molar-refractivity contribution >= 4 is 24.1 Å². The van der Waals surface area contributed by atoms with Gasteiger partial charge in [0.05, 0.1) is 13.3 Å². The average molecular weight is 396 g/mol. The number of nitrogens with one attached hydrogen (secondary N) is 1. The van der Waals surface area contributed by atoms with Crippen molar-refractivity contribution in [3.63, 3.8) is 0 Å². The van der Waals surface area contributed by atoms with Crippen LogP contribution in [0.2, 0.25) is 0 Å². The summed E-state index contributed by atoms with van der Waals surface area (Å²) in [5, 5.41) is 4.33. The van der Waals surface area contributed by atoms with Gasteiger partial charge >= 0.3 is 0 Å². The highest BCUT2D eigenvalue weighted by Crippen LogP contribution is 2.22. The summed E-state index contributed by atoms with van der Waals surface area (Å²) in [5.74, 6) is 2.82. The molecular formula is C21H29N7O. The highest BCUT2D eigenvalue weighted by atomic mass is 16.5. The molecule has 1 aromatic carbocycles. The fourth-order valence-electron chi connectivity index (χ4n) is 3.73. The third-order valence-electron chi connectivity index (χ3n) is 5.38. The first-order valence-electron chi connectivity index (χ1n) is 10.5. The molecule has 0 radical (unpaired) electrons. The molecule has 2 aromatic rings. The van der Waals surface area contributed by atoms with E-state index in [0.717, 1.165) is 49.4 Å². The molecule has 8 heteroatoms. The van der Waals surface area contributed by atoms with Crippen LogP contribution < -0.4 is 20.0 Å². The van der Waals surface area contributed by atoms with Crippen molar-refractivity contribution in [1.82, 2.24) is 15.0 Å². The van der Waals surface area contributed by atoms with Gasteiger partial charge in [0.2, 0.25) is 17.8 Å². The van der Waals surface area contributed by atoms with Gasteiger partial charge in [0.1, 0.15) is 5.75 Å². The van der Waals surface area contributed by atoms with Crippen LogP contribution in [0.3, 0.4) is 0 Å². The van der Waals surface area contributed by atoms with E-state index in [-0.39, 0.29) is 0 Å². The minimum Gasteiger partial charge on any atom is -0.497 e. The van der Waals surface area contributed by atoms with Crippen molar-refractivity contribution in [2.45, 2.75) is 38.5 Å². The molecule has 0 saturated carbocycles. The predicted octanol–water partition coefficient (Wildman–Crippen LogP) is 3.31. The fourth-order valence-corrected chi connectivity index (χ4v) is 3.73. The second kappa shape index (κ2) is 9.54. The summed E-state index contributed by atoms with van der Waals surface area (Å²) in [6, 6.07) is 7.73. The molecule has 0 spiro atoms. The maximum absolute atomic E-state index is 5.19. The Morgan fingerprint density at radius 2 is 1.38 bits per heavy atom. The van der Waals surface area contributed by atoms with E-state index in [4.69, 9.17) is 9.72 Å². The van der Waals surface area contributed by atoms with Crippen LogP contribution in [0, 0.1) is 0 Å². The number of hydrogen-bond donors (Lipinski definition) is 1. The van der Waals surface area contributed by atoms with Gasteiger partial charge in [-0.1, -0.05) is 0 Å². The molecule has 0 bridgehead atoms. The van der Waals surface area contributed by atoms with Crippen LogP contribution in [0.4, 0.5) is 17.8 Å². The Hall–Kier alpha value is -2.90. The maximum Gasteiger partial charge on any atom is 0.250 e. The number of rotatable bonds is 6. The summed E-state index contributed by atoms with van der Waals surface area (Å²) in [4.78, 5) is 18.6. The zero-order valence-electron chi connectivity index (χ0n) is 17.0. The van der Waals surface area contributed by atoms with Crippen molar-refractivity contribution in [1.29, 1.82) is 0 Å². The van der Waals surface area contributed by atoms with Gasteiger partial charge in [0, 0.05) is 26.2 Å². The van der Waals surface area contributed by atoms with E-state index in [1.165, 1.54) is 38.5 Å². The van der Waals surface area contributed by atoms with E-state index in [0.29, 0.717) is 5.95 Å². The molecule has 8 nitrogen and oxygen atoms in total. The molecule has 1 N–H and O–H groups in total. The lowest BCUT2D eigenvalue weighted by molar-refractivity contribution is 0.415. The Morgan fingerprint density at radius 3 is 1.90 bits per heavy atom. The molecule has 154 valence electrons. The number of ether oxygens (including phenoxy) is 1. The van der Waals surface area contributed by atoms with Gasteiger partial charge in [-0.05, 0) is 68.4 Å². The molecular weight excluding hydrogens is 366 g/mol. The van der Waals surface area contributed by atoms with Gasteiger partial charge in [0.25, 0.3) is 0 Å². The fraction of sp³-hybridized carbons (Fsp3) is 0.524. The second-order valence-electron chi connectivity index (χ2n) is 7.50. The molecule has 2 aliphatic heterocycles. The highest BCUT2D eigenvalue weighted by Gasteiger charge is 2.20. The molecule has 1 aromatic heterocycles. The lowest BCUT2D eigenvalue weighted by Gasteiger charge is -2.30. The van der Waals surface area contributed by atoms with Gasteiger partial charge < -0.3 is 14.5 Å². The Bertz CT molecular complexity index is 776. The van der Waals surface area contributed by atoms with Crippen LogP contribution in [-0.2, 0) is 0 Å². The molecule has 2 fully saturated rings. The van der Waals surface area contributed by atoms with Crippen LogP contribution in [0.15, 0.2) is 29.4 Å². The first-order valence-corrected chi connectivity index (χ1v) is 10.5. The maximum atomic E-state index is 5.19. The molecule has 29 heavy (non-hydrogen) atoms. The lowest BCUT2D eigenvalue weighted by atomic mass is 10.1. The van der Waals surface area contributed by atoms with Crippen LogP contribution in [0.25, 0.3) is 0 Å². The Labute approximate surface area is 172 Å². The third kappa shape index (κ3) is 5.13. The van der Waals surface area contributed by atoms with Gasteiger partial charge in [-0.2, -0.15) is 20.1 Å². The summed E-state index contributed by atoms with van der Waals surface area (Å²) in [5.41, 5.74) is 3.98. The SMILES string of the molecule is COc1ccc(/C=N\Nc2nc(N3CCCCC3)nc(N3CCCCC3)n2)cc1. The Balaban J connectivity index is 1.52. The average Bonchev–Trinajstić information content (AvgIpc) is 2.80. The van der Waals surface area contributed by atoms with E-state index < -0.39 is 0 Å². The van der Waals surface area contributed by atoms with Crippen LogP contribution in [-0.4, -0.2) is 54.5 Å². The van der Waals surface area contributed by atoms with Gasteiger partial charge in [-0.15, -0.1) is 0 Å². The first-order chi connectivity index (χ1) is 14.3. The van der Waals surface area contributed by atoms with Crippen LogP contribution in [0.1, 0.15) is 44.1 Å². The third-order valence-corrected chi connectivity index (χ3v) is 5.38. The molecule has 2 aliphatic rings. The number of aromatic nitrogens is 3. The van der Waals surface area contributed by atoms with E-state index in [1.807, 2.05) is 24.3 Å². The van der Waals surface area contributed by atoms with Crippen molar-refractivity contribution in [3.05, 3.63) is 29.8 Å². The molecule has 0 aliphatic carbocycles. The van der Waals surface area contributed by atoms with Crippen molar-refractivity contribution < 1.29 is 4.74 Å². The lowest BCUT2D eigenvalue weighted by Crippen LogP contribution is -2.34. The molecule has 3 heterocycles. The van der Waals surface area contributed by atoms with Crippen molar-refractivity contribution in [3.8, 4) is 5.75 Å². The standard InChI is InChI=1S/C21H29N7O/c1-29-18-10-8-17(9-11-18)16-22-26-19-23-20(27-12-4-2-5-13-27)25-21(24-19)28-14-6-3-7-15-28/h8-11,16H,2-7,12-15H2,1H3,(H,23,24,25,26)/b22-16-. The predicted molar refractivity (Wildman–Crippen MR) is 116 cm³/mol. The quantitative estimate of drug-likeness (QED) is 0.594. The Morgan fingerprint density at radius 1 is 0.828 bits per heavy atom. The topological polar surface area (TPSA) is 78.8 Å². The largest absolute Gasteiger partial charge is 0.497 e. The minimum atomic E-state index is 0.492. The number of anilines is 3. The molecule has 0 unspecified atom stereocenters. The molecule has 0 amide bonds. The number of piperidine rings is 2. The molecule has 2 saturated heterocycles. The first kappa shape index (κ1) is 19.4. The highest BCUT2D eigenvalue weighted by molar-refractivity contribution is 5.80. The number of hydrogen-bond acceptors (Lipinski definition) is 8. The van der Waals surface area contributed by atoms with Crippen LogP contribution >= 0.6 is 0 Å². The van der Waals surface area contributed by atoms with Crippen molar-refractivity contribution in [2.75, 3.05) is 48.5 Å².